The minimum atomic E-state index is 0.161. The first-order chi connectivity index (χ1) is 12.1. The average Bonchev–Trinajstić information content (AvgIpc) is 2.62. The Hall–Kier alpha value is -3.03. The highest BCUT2D eigenvalue weighted by Gasteiger charge is 2.20. The van der Waals surface area contributed by atoms with Gasteiger partial charge >= 0.3 is 0 Å². The van der Waals surface area contributed by atoms with E-state index in [0.29, 0.717) is 31.1 Å². The van der Waals surface area contributed by atoms with Crippen molar-refractivity contribution in [3.8, 4) is 11.1 Å². The van der Waals surface area contributed by atoms with Crippen LogP contribution in [0.2, 0.25) is 0 Å². The number of nitrogens with zero attached hydrogens (tertiary/aromatic N) is 5. The summed E-state index contributed by atoms with van der Waals surface area (Å²) in [6.07, 6.45) is 0.673. The Bertz CT molecular complexity index is 825. The number of benzene rings is 1. The van der Waals surface area contributed by atoms with Crippen molar-refractivity contribution in [1.82, 2.24) is 14.9 Å². The monoisotopic (exact) mass is 341 g/mol. The van der Waals surface area contributed by atoms with Gasteiger partial charge in [0.2, 0.25) is 10.9 Å². The molecule has 1 aliphatic heterocycles. The van der Waals surface area contributed by atoms with E-state index in [1.54, 1.807) is 0 Å². The summed E-state index contributed by atoms with van der Waals surface area (Å²) < 4.78 is 5.39. The molecule has 1 aromatic heterocycles. The summed E-state index contributed by atoms with van der Waals surface area (Å²) in [7, 11) is 0. The van der Waals surface area contributed by atoms with Gasteiger partial charge in [0.15, 0.2) is 10.8 Å². The summed E-state index contributed by atoms with van der Waals surface area (Å²) in [4.78, 5) is 13.7. The largest absolute Gasteiger partial charge is 0.383 e. The van der Waals surface area contributed by atoms with Crippen LogP contribution in [0, 0.1) is 5.53 Å². The van der Waals surface area contributed by atoms with Crippen LogP contribution in [0.3, 0.4) is 0 Å². The second-order valence-corrected chi connectivity index (χ2v) is 5.65. The predicted molar refractivity (Wildman–Crippen MR) is 95.6 cm³/mol. The van der Waals surface area contributed by atoms with E-state index >= 15 is 0 Å². The molecule has 0 atom stereocenters. The maximum Gasteiger partial charge on any atom is 0.222 e. The van der Waals surface area contributed by atoms with Crippen molar-refractivity contribution in [3.63, 3.8) is 0 Å². The molecule has 0 bridgehead atoms. The smallest absolute Gasteiger partial charge is 0.222 e. The number of nitrogen functional groups attached to an aromatic ring is 2. The van der Waals surface area contributed by atoms with Gasteiger partial charge in [-0.3, -0.25) is 0 Å². The molecule has 1 saturated heterocycles. The molecule has 9 heteroatoms. The van der Waals surface area contributed by atoms with Gasteiger partial charge in [-0.25, -0.2) is 4.98 Å². The van der Waals surface area contributed by atoms with Crippen LogP contribution < -0.4 is 21.3 Å². The first-order valence-electron chi connectivity index (χ1n) is 8.10. The SMILES string of the molecule is CCc1nc(N)nc(N)c1-c1ccc(N2CCOCC2)c(N=[N+]=N)c1. The molecule has 0 spiro atoms. The van der Waals surface area contributed by atoms with E-state index in [9.17, 15) is 0 Å². The second kappa shape index (κ2) is 7.25. The van der Waals surface area contributed by atoms with Gasteiger partial charge in [0.05, 0.1) is 24.6 Å². The van der Waals surface area contributed by atoms with Gasteiger partial charge in [0.1, 0.15) is 11.3 Å². The number of morpholine rings is 1. The quantitative estimate of drug-likeness (QED) is 0.573. The Morgan fingerprint density at radius 2 is 2.04 bits per heavy atom. The lowest BCUT2D eigenvalue weighted by Gasteiger charge is -2.29. The average molecular weight is 341 g/mol. The maximum absolute atomic E-state index is 7.12. The molecule has 0 saturated carbocycles. The van der Waals surface area contributed by atoms with E-state index in [-0.39, 0.29) is 5.95 Å². The molecule has 3 rings (SSSR count). The van der Waals surface area contributed by atoms with E-state index in [0.717, 1.165) is 35.6 Å². The summed E-state index contributed by atoms with van der Waals surface area (Å²) in [5.41, 5.74) is 22.8. The fourth-order valence-electron chi connectivity index (χ4n) is 3.00. The van der Waals surface area contributed by atoms with Gasteiger partial charge in [-0.15, -0.1) is 0 Å². The van der Waals surface area contributed by atoms with Gasteiger partial charge in [-0.2, -0.15) is 4.98 Å². The zero-order valence-corrected chi connectivity index (χ0v) is 14.1. The number of aryl methyl sites for hydroxylation is 1. The van der Waals surface area contributed by atoms with E-state index in [2.05, 4.69) is 24.9 Å². The van der Waals surface area contributed by atoms with Gasteiger partial charge in [0, 0.05) is 18.7 Å². The van der Waals surface area contributed by atoms with Crippen LogP contribution in [0.15, 0.2) is 23.3 Å². The van der Waals surface area contributed by atoms with Crippen molar-refractivity contribution in [1.29, 1.82) is 5.53 Å². The van der Waals surface area contributed by atoms with Crippen LogP contribution in [0.1, 0.15) is 12.6 Å². The molecule has 2 aromatic rings. The Morgan fingerprint density at radius 3 is 2.72 bits per heavy atom. The third kappa shape index (κ3) is 3.42. The number of hydrogen-bond donors (Lipinski definition) is 3. The minimum Gasteiger partial charge on any atom is -0.383 e. The lowest BCUT2D eigenvalue weighted by Crippen LogP contribution is -2.36. The zero-order valence-electron chi connectivity index (χ0n) is 14.1. The number of anilines is 3. The third-order valence-electron chi connectivity index (χ3n) is 4.14. The molecular formula is C16H21N8O+. The minimum absolute atomic E-state index is 0.161. The highest BCUT2D eigenvalue weighted by atomic mass is 16.5. The molecule has 0 amide bonds. The van der Waals surface area contributed by atoms with E-state index in [4.69, 9.17) is 21.7 Å². The number of rotatable bonds is 4. The molecular weight excluding hydrogens is 320 g/mol. The molecule has 9 nitrogen and oxygen atoms in total. The van der Waals surface area contributed by atoms with Gasteiger partial charge in [-0.05, 0) is 24.1 Å². The van der Waals surface area contributed by atoms with Gasteiger partial charge < -0.3 is 21.1 Å². The summed E-state index contributed by atoms with van der Waals surface area (Å²) in [5, 5.41) is 3.97. The topological polar surface area (TPSA) is 141 Å². The molecule has 1 aromatic carbocycles. The molecule has 2 heterocycles. The van der Waals surface area contributed by atoms with E-state index in [1.165, 1.54) is 0 Å². The summed E-state index contributed by atoms with van der Waals surface area (Å²) in [6.45, 7) is 4.85. The van der Waals surface area contributed by atoms with Crippen LogP contribution in [0.4, 0.5) is 23.1 Å². The van der Waals surface area contributed by atoms with Crippen LogP contribution in [-0.4, -0.2) is 36.3 Å². The molecule has 25 heavy (non-hydrogen) atoms. The maximum atomic E-state index is 7.12. The lowest BCUT2D eigenvalue weighted by atomic mass is 10.0. The standard InChI is InChI=1S/C16H21N8O/c1-2-11-14(15(17)21-16(18)20-11)10-3-4-13(12(9-10)22-23-19)24-5-7-25-8-6-24/h3-4,9,19H,2,5-8H2,1H3,(H4,17,18,20,21)/q+1. The van der Waals surface area contributed by atoms with Crippen LogP contribution in [0.25, 0.3) is 11.1 Å². The van der Waals surface area contributed by atoms with Crippen LogP contribution >= 0.6 is 0 Å². The summed E-state index contributed by atoms with van der Waals surface area (Å²) >= 11 is 0. The number of aromatic nitrogens is 2. The van der Waals surface area contributed by atoms with Crippen molar-refractivity contribution >= 4 is 23.1 Å². The zero-order chi connectivity index (χ0) is 17.8. The third-order valence-corrected chi connectivity index (χ3v) is 4.14. The highest BCUT2D eigenvalue weighted by Crippen LogP contribution is 2.36. The molecule has 1 aliphatic rings. The normalized spacial score (nSPS) is 14.2. The number of ether oxygens (including phenoxy) is 1. The fraction of sp³-hybridized carbons (Fsp3) is 0.375. The molecule has 0 aliphatic carbocycles. The van der Waals surface area contributed by atoms with E-state index < -0.39 is 0 Å². The summed E-state index contributed by atoms with van der Waals surface area (Å²) in [5.74, 6) is 0.492. The van der Waals surface area contributed by atoms with Crippen molar-refractivity contribution in [3.05, 3.63) is 23.9 Å². The van der Waals surface area contributed by atoms with Crippen molar-refractivity contribution < 1.29 is 4.74 Å². The van der Waals surface area contributed by atoms with Crippen LogP contribution in [-0.2, 0) is 11.2 Å². The summed E-state index contributed by atoms with van der Waals surface area (Å²) in [6, 6.07) is 5.77. The van der Waals surface area contributed by atoms with E-state index in [1.807, 2.05) is 25.1 Å². The predicted octanol–water partition coefficient (Wildman–Crippen LogP) is 1.89. The Morgan fingerprint density at radius 1 is 1.28 bits per heavy atom. The highest BCUT2D eigenvalue weighted by molar-refractivity contribution is 5.82. The number of hydrogen-bond acceptors (Lipinski definition) is 8. The second-order valence-electron chi connectivity index (χ2n) is 5.65. The lowest BCUT2D eigenvalue weighted by molar-refractivity contribution is 0.123. The fourth-order valence-corrected chi connectivity index (χ4v) is 3.00. The first kappa shape index (κ1) is 16.8. The molecule has 5 N–H and O–H groups in total. The van der Waals surface area contributed by atoms with Gasteiger partial charge in [-0.1, -0.05) is 13.0 Å². The Labute approximate surface area is 145 Å². The van der Waals surface area contributed by atoms with Crippen molar-refractivity contribution in [2.75, 3.05) is 42.7 Å². The Kier molecular flexibility index (Phi) is 4.87. The Balaban J connectivity index is 2.10. The van der Waals surface area contributed by atoms with Gasteiger partial charge in [0.25, 0.3) is 0 Å². The van der Waals surface area contributed by atoms with Crippen LogP contribution in [0.5, 0.6) is 0 Å². The molecule has 0 unspecified atom stereocenters. The van der Waals surface area contributed by atoms with Crippen molar-refractivity contribution in [2.24, 2.45) is 5.11 Å². The number of nitrogens with two attached hydrogens (primary N) is 2. The molecule has 1 fully saturated rings. The van der Waals surface area contributed by atoms with Crippen molar-refractivity contribution in [2.45, 2.75) is 13.3 Å². The molecule has 0 radical (unpaired) electrons. The molecule has 130 valence electrons. The number of nitrogens with one attached hydrogen (secondary N) is 1. The first-order valence-corrected chi connectivity index (χ1v) is 8.10.